The van der Waals surface area contributed by atoms with E-state index in [-0.39, 0.29) is 0 Å². The number of allylic oxidation sites excluding steroid dienone is 20. The molecule has 2 nitrogen and oxygen atoms in total. The highest BCUT2D eigenvalue weighted by molar-refractivity contribution is 7.26. The molecule has 0 amide bonds. The van der Waals surface area contributed by atoms with E-state index in [1.807, 2.05) is 35.6 Å². The van der Waals surface area contributed by atoms with Gasteiger partial charge in [0, 0.05) is 83.0 Å². The molecule has 0 aliphatic heterocycles. The maximum Gasteiger partial charge on any atom is 0.142 e. The minimum atomic E-state index is -0.666. The van der Waals surface area contributed by atoms with Gasteiger partial charge in [0.2, 0.25) is 0 Å². The average molecular weight is 1060 g/mol. The van der Waals surface area contributed by atoms with E-state index in [1.165, 1.54) is 68.9 Å². The molecule has 4 heteroatoms. The van der Waals surface area contributed by atoms with E-state index in [4.69, 9.17) is 17.3 Å². The Morgan fingerprint density at radius 1 is 0.848 bits per heavy atom. The van der Waals surface area contributed by atoms with Crippen LogP contribution in [0.3, 0.4) is 0 Å². The van der Waals surface area contributed by atoms with Crippen LogP contribution in [0.2, 0.25) is 0 Å². The predicted octanol–water partition coefficient (Wildman–Crippen LogP) is 20.2. The minimum Gasteiger partial charge on any atom is -0.460 e. The number of rotatable bonds is 17. The highest BCUT2D eigenvalue weighted by atomic mass is 32.1. The van der Waals surface area contributed by atoms with Gasteiger partial charge in [-0.05, 0) is 144 Å². The molecule has 7 aromatic rings. The fourth-order valence-corrected chi connectivity index (χ4v) is 14.1. The second-order valence-corrected chi connectivity index (χ2v) is 21.9. The molecule has 79 heavy (non-hydrogen) atoms. The van der Waals surface area contributed by atoms with Crippen molar-refractivity contribution < 1.29 is 4.42 Å². The Bertz CT molecular complexity index is 4080. The van der Waals surface area contributed by atoms with E-state index in [9.17, 15) is 0 Å². The first kappa shape index (κ1) is 53.5. The van der Waals surface area contributed by atoms with Crippen LogP contribution >= 0.6 is 22.7 Å². The van der Waals surface area contributed by atoms with Gasteiger partial charge in [-0.15, -0.1) is 47.2 Å². The third-order valence-electron chi connectivity index (χ3n) is 15.4. The summed E-state index contributed by atoms with van der Waals surface area (Å²) in [4.78, 5) is 4.84. The SMILES string of the molecule is C#C/C=C\c1c(CC)oc(C2=C(C)C(C3=CC=CCC=C3)(c3ccccc3)C(/C=C\CN(/C(C)=C/C=C(\CC#C)c3cccc4c3sc3ccccc34)c3ccc(/C(=C/C=C)c4sc5c(c4C)C=C=CC=C5)cc3)=C2C)c1C=C. The van der Waals surface area contributed by atoms with Crippen molar-refractivity contribution >= 4 is 89.6 Å². The Hall–Kier alpha value is -8.86. The van der Waals surface area contributed by atoms with Crippen LogP contribution in [0.15, 0.2) is 233 Å². The maximum absolute atomic E-state index is 6.96. The van der Waals surface area contributed by atoms with E-state index in [0.29, 0.717) is 19.4 Å². The molecule has 0 radical (unpaired) electrons. The van der Waals surface area contributed by atoms with Crippen LogP contribution in [0.5, 0.6) is 0 Å². The smallest absolute Gasteiger partial charge is 0.142 e. The van der Waals surface area contributed by atoms with Crippen molar-refractivity contribution in [1.82, 2.24) is 0 Å². The number of furan rings is 1. The third-order valence-corrected chi connectivity index (χ3v) is 17.9. The van der Waals surface area contributed by atoms with Gasteiger partial charge in [0.25, 0.3) is 0 Å². The first-order chi connectivity index (χ1) is 38.7. The van der Waals surface area contributed by atoms with Gasteiger partial charge in [-0.3, -0.25) is 0 Å². The molecule has 0 saturated heterocycles. The molecule has 0 bridgehead atoms. The molecule has 0 N–H and O–H groups in total. The highest BCUT2D eigenvalue weighted by Crippen LogP contribution is 2.58. The zero-order chi connectivity index (χ0) is 55.0. The number of anilines is 1. The second-order valence-electron chi connectivity index (χ2n) is 19.8. The Labute approximate surface area is 475 Å². The van der Waals surface area contributed by atoms with Crippen molar-refractivity contribution in [2.45, 2.75) is 59.3 Å². The van der Waals surface area contributed by atoms with Crippen molar-refractivity contribution in [2.24, 2.45) is 0 Å². The Kier molecular flexibility index (Phi) is 16.1. The lowest BCUT2D eigenvalue weighted by atomic mass is 9.65. The molecule has 0 spiro atoms. The topological polar surface area (TPSA) is 16.4 Å². The lowest BCUT2D eigenvalue weighted by Crippen LogP contribution is -2.30. The van der Waals surface area contributed by atoms with E-state index in [2.05, 4.69) is 246 Å². The van der Waals surface area contributed by atoms with Crippen molar-refractivity contribution in [2.75, 3.05) is 11.4 Å². The first-order valence-electron chi connectivity index (χ1n) is 26.9. The first-order valence-corrected chi connectivity index (χ1v) is 28.6. The molecular weight excluding hydrogens is 995 g/mol. The summed E-state index contributed by atoms with van der Waals surface area (Å²) in [6.45, 7) is 20.1. The summed E-state index contributed by atoms with van der Waals surface area (Å²) in [6.07, 6.45) is 52.4. The summed E-state index contributed by atoms with van der Waals surface area (Å²) in [5.74, 6) is 7.36. The molecule has 3 heterocycles. The van der Waals surface area contributed by atoms with E-state index in [1.54, 1.807) is 17.4 Å². The van der Waals surface area contributed by atoms with Crippen LogP contribution in [-0.4, -0.2) is 6.54 Å². The molecule has 0 fully saturated rings. The fraction of sp³-hybridized carbons (Fsp3) is 0.133. The Balaban J connectivity index is 1.13. The van der Waals surface area contributed by atoms with Crippen LogP contribution in [0.4, 0.5) is 5.69 Å². The number of benzene rings is 4. The molecule has 3 aliphatic carbocycles. The zero-order valence-corrected chi connectivity index (χ0v) is 47.3. The molecular formula is C75H63NOS2. The third kappa shape index (κ3) is 10.0. The summed E-state index contributed by atoms with van der Waals surface area (Å²) in [6, 6.07) is 35.1. The number of nitrogens with zero attached hydrogens (tertiary/aromatic N) is 1. The predicted molar refractivity (Wildman–Crippen MR) is 346 cm³/mol. The molecule has 1 atom stereocenters. The summed E-state index contributed by atoms with van der Waals surface area (Å²) in [5, 5.41) is 2.51. The monoisotopic (exact) mass is 1060 g/mol. The molecule has 3 aliphatic rings. The van der Waals surface area contributed by atoms with Crippen LogP contribution in [0.1, 0.15) is 101 Å². The standard InChI is InChI=1S/C75H63NOS2/c1-10-15-36-64-60(13-4)72(77-68(64)14-5)71-53(8)67(75(54(71)9,58-34-22-18-23-35-58)57-32-20-16-17-21-33-57)41-29-50-76(51(6)44-45-55(30-11-2)63-39-28-40-66-65-38-26-27-43-70(65)79-74(63)66)59-48-46-56(47-49-59)62(31-12-3)73-52(7)61-37-24-19-25-42-69(61)78-73/h1-2,12-13,15-16,18-23,25-29,31-49H,3-4,14,17,30,50H2,5-9H3/b36-15-,41-29-,51-44+,55-45+,62-31-. The van der Waals surface area contributed by atoms with Gasteiger partial charge in [-0.1, -0.05) is 178 Å². The van der Waals surface area contributed by atoms with Gasteiger partial charge in [-0.2, -0.15) is 0 Å². The molecule has 4 aromatic carbocycles. The lowest BCUT2D eigenvalue weighted by molar-refractivity contribution is 0.503. The largest absolute Gasteiger partial charge is 0.460 e. The van der Waals surface area contributed by atoms with Crippen molar-refractivity contribution in [3.63, 3.8) is 0 Å². The normalized spacial score (nSPS) is 16.5. The van der Waals surface area contributed by atoms with Gasteiger partial charge < -0.3 is 9.32 Å². The van der Waals surface area contributed by atoms with Gasteiger partial charge in [0.15, 0.2) is 0 Å². The van der Waals surface area contributed by atoms with Gasteiger partial charge >= 0.3 is 0 Å². The van der Waals surface area contributed by atoms with Gasteiger partial charge in [0.1, 0.15) is 11.5 Å². The number of fused-ring (bicyclic) bond motifs is 4. The highest BCUT2D eigenvalue weighted by Gasteiger charge is 2.47. The van der Waals surface area contributed by atoms with Crippen LogP contribution in [-0.2, 0) is 11.8 Å². The number of hydrogen-bond acceptors (Lipinski definition) is 4. The molecule has 0 saturated carbocycles. The van der Waals surface area contributed by atoms with Crippen LogP contribution in [0, 0.1) is 31.6 Å². The molecule has 1 unspecified atom stereocenters. The maximum atomic E-state index is 6.96. The number of thiophene rings is 2. The van der Waals surface area contributed by atoms with Crippen molar-refractivity contribution in [3.8, 4) is 24.7 Å². The van der Waals surface area contributed by atoms with Gasteiger partial charge in [0.05, 0.1) is 5.41 Å². The van der Waals surface area contributed by atoms with E-state index in [0.717, 1.165) is 68.3 Å². The number of aryl methyl sites for hydroxylation is 1. The van der Waals surface area contributed by atoms with Crippen molar-refractivity contribution in [1.29, 1.82) is 0 Å². The summed E-state index contributed by atoms with van der Waals surface area (Å²) in [7, 11) is 0. The van der Waals surface area contributed by atoms with E-state index < -0.39 is 5.41 Å². The summed E-state index contributed by atoms with van der Waals surface area (Å²) < 4.78 is 9.47. The van der Waals surface area contributed by atoms with E-state index >= 15 is 0 Å². The Morgan fingerprint density at radius 2 is 1.65 bits per heavy atom. The van der Waals surface area contributed by atoms with Crippen molar-refractivity contribution in [3.05, 3.63) is 289 Å². The average Bonchev–Trinajstić information content (AvgIpc) is 4.12. The number of terminal acetylenes is 2. The quantitative estimate of drug-likeness (QED) is 0.0513. The van der Waals surface area contributed by atoms with Crippen LogP contribution in [0.25, 0.3) is 61.2 Å². The van der Waals surface area contributed by atoms with Crippen LogP contribution < -0.4 is 4.90 Å². The number of hydrogen-bond donors (Lipinski definition) is 0. The Morgan fingerprint density at radius 3 is 2.42 bits per heavy atom. The summed E-state index contributed by atoms with van der Waals surface area (Å²) in [5.41, 5.74) is 20.6. The lowest BCUT2D eigenvalue weighted by Gasteiger charge is -2.36. The minimum absolute atomic E-state index is 0.492. The fourth-order valence-electron chi connectivity index (χ4n) is 11.6. The summed E-state index contributed by atoms with van der Waals surface area (Å²) >= 11 is 3.63. The second kappa shape index (κ2) is 23.8. The van der Waals surface area contributed by atoms with Gasteiger partial charge in [-0.25, -0.2) is 0 Å². The molecule has 3 aromatic heterocycles. The molecule has 10 rings (SSSR count). The zero-order valence-electron chi connectivity index (χ0n) is 45.7. The molecule has 386 valence electrons.